The molecule has 1 aromatic carbocycles. The molecule has 1 aliphatic rings. The Morgan fingerprint density at radius 1 is 1.24 bits per heavy atom. The van der Waals surface area contributed by atoms with Crippen LogP contribution in [0.2, 0.25) is 0 Å². The van der Waals surface area contributed by atoms with Crippen molar-refractivity contribution in [2.45, 2.75) is 52.7 Å². The number of anilines is 1. The highest BCUT2D eigenvalue weighted by Crippen LogP contribution is 2.53. The number of aliphatic hydroxyl groups is 1. The molecule has 8 heteroatoms. The minimum absolute atomic E-state index is 0.0281. The van der Waals surface area contributed by atoms with Gasteiger partial charge in [0.2, 0.25) is 5.91 Å². The number of hydrogen-bond donors (Lipinski definition) is 4. The van der Waals surface area contributed by atoms with Gasteiger partial charge in [0.25, 0.3) is 5.91 Å². The average molecular weight is 464 g/mol. The highest BCUT2D eigenvalue weighted by Gasteiger charge is 2.51. The maximum atomic E-state index is 12.3. The van der Waals surface area contributed by atoms with Crippen LogP contribution in [-0.2, 0) is 4.79 Å². The summed E-state index contributed by atoms with van der Waals surface area (Å²) in [5, 5.41) is 20.5. The predicted molar refractivity (Wildman–Crippen MR) is 132 cm³/mol. The van der Waals surface area contributed by atoms with Crippen molar-refractivity contribution in [1.29, 1.82) is 0 Å². The van der Waals surface area contributed by atoms with E-state index in [1.807, 2.05) is 42.6 Å². The molecule has 0 aliphatic heterocycles. The molecule has 3 atom stereocenters. The summed E-state index contributed by atoms with van der Waals surface area (Å²) in [6.07, 6.45) is 4.14. The van der Waals surface area contributed by atoms with Gasteiger partial charge in [0.05, 0.1) is 23.0 Å². The van der Waals surface area contributed by atoms with Crippen molar-refractivity contribution in [3.05, 3.63) is 54.4 Å². The minimum Gasteiger partial charge on any atom is -0.384 e. The molecule has 3 aromatic rings. The molecule has 5 N–H and O–H groups in total. The zero-order valence-electron chi connectivity index (χ0n) is 20.1. The second-order valence-corrected chi connectivity index (χ2v) is 10.1. The van der Waals surface area contributed by atoms with Gasteiger partial charge in [0.1, 0.15) is 6.10 Å². The summed E-state index contributed by atoms with van der Waals surface area (Å²) in [5.41, 5.74) is 9.13. The maximum absolute atomic E-state index is 12.3. The van der Waals surface area contributed by atoms with Crippen LogP contribution in [0.3, 0.4) is 0 Å². The van der Waals surface area contributed by atoms with Gasteiger partial charge in [-0.1, -0.05) is 51.1 Å². The number of rotatable bonds is 7. The zero-order valence-corrected chi connectivity index (χ0v) is 20.1. The van der Waals surface area contributed by atoms with E-state index in [4.69, 9.17) is 5.73 Å². The van der Waals surface area contributed by atoms with Crippen LogP contribution in [0.15, 0.2) is 48.8 Å². The molecule has 1 fully saturated rings. The van der Waals surface area contributed by atoms with E-state index in [0.717, 1.165) is 29.5 Å². The van der Waals surface area contributed by atoms with E-state index in [9.17, 15) is 14.7 Å². The summed E-state index contributed by atoms with van der Waals surface area (Å²) in [7, 11) is 0. The molecule has 0 radical (unpaired) electrons. The van der Waals surface area contributed by atoms with Crippen molar-refractivity contribution in [2.75, 3.05) is 11.9 Å². The molecule has 2 amide bonds. The summed E-state index contributed by atoms with van der Waals surface area (Å²) in [6, 6.07) is 12.0. The standard InChI is InChI=1S/C26H33N5O3/c1-16(32)24(34)28-15-26(4)11-10-21(25(26,2)3)30-22-19(23(27)33)13-29-31-14-18(12-20(22)31)17-8-6-5-7-9-17/h5-9,12-14,16,21,30,32H,10-11,15H2,1-4H3,(H2,27,33)(H,28,34). The fraction of sp³-hybridized carbons (Fsp3) is 0.423. The van der Waals surface area contributed by atoms with Gasteiger partial charge in [-0.25, -0.2) is 4.52 Å². The molecule has 180 valence electrons. The molecule has 3 unspecified atom stereocenters. The lowest BCUT2D eigenvalue weighted by atomic mass is 9.67. The Kier molecular flexibility index (Phi) is 6.12. The summed E-state index contributed by atoms with van der Waals surface area (Å²) in [6.45, 7) is 8.41. The van der Waals surface area contributed by atoms with Crippen LogP contribution >= 0.6 is 0 Å². The number of aromatic nitrogens is 2. The first kappa shape index (κ1) is 23.8. The van der Waals surface area contributed by atoms with Crippen LogP contribution < -0.4 is 16.4 Å². The number of carbonyl (C=O) groups is 2. The summed E-state index contributed by atoms with van der Waals surface area (Å²) in [5.74, 6) is -0.912. The van der Waals surface area contributed by atoms with Crippen LogP contribution in [0.25, 0.3) is 16.6 Å². The minimum atomic E-state index is -1.04. The molecule has 2 heterocycles. The SMILES string of the molecule is CC(O)C(=O)NCC1(C)CCC(Nc2c(C(N)=O)cnn3cc(-c4ccccc4)cc23)C1(C)C. The van der Waals surface area contributed by atoms with Gasteiger partial charge >= 0.3 is 0 Å². The van der Waals surface area contributed by atoms with Crippen LogP contribution in [0.4, 0.5) is 5.69 Å². The van der Waals surface area contributed by atoms with Gasteiger partial charge in [-0.3, -0.25) is 9.59 Å². The molecule has 0 spiro atoms. The van der Waals surface area contributed by atoms with Crippen LogP contribution in [0.5, 0.6) is 0 Å². The molecule has 1 aliphatic carbocycles. The summed E-state index contributed by atoms with van der Waals surface area (Å²) in [4.78, 5) is 24.3. The smallest absolute Gasteiger partial charge is 0.252 e. The highest BCUT2D eigenvalue weighted by molar-refractivity contribution is 6.02. The maximum Gasteiger partial charge on any atom is 0.252 e. The molecular formula is C26H33N5O3. The lowest BCUT2D eigenvalue weighted by molar-refractivity contribution is -0.129. The van der Waals surface area contributed by atoms with E-state index in [2.05, 4.69) is 36.5 Å². The number of carbonyl (C=O) groups excluding carboxylic acids is 2. The molecule has 4 rings (SSSR count). The molecule has 0 bridgehead atoms. The van der Waals surface area contributed by atoms with E-state index in [0.29, 0.717) is 17.8 Å². The first-order chi connectivity index (χ1) is 16.0. The molecule has 1 saturated carbocycles. The fourth-order valence-electron chi connectivity index (χ4n) is 4.92. The molecule has 2 aromatic heterocycles. The van der Waals surface area contributed by atoms with Crippen LogP contribution in [0.1, 0.15) is 50.9 Å². The largest absolute Gasteiger partial charge is 0.384 e. The summed E-state index contributed by atoms with van der Waals surface area (Å²) >= 11 is 0. The zero-order chi connectivity index (χ0) is 24.7. The van der Waals surface area contributed by atoms with E-state index >= 15 is 0 Å². The normalized spacial score (nSPS) is 22.4. The van der Waals surface area contributed by atoms with E-state index in [1.165, 1.54) is 13.1 Å². The Labute approximate surface area is 199 Å². The van der Waals surface area contributed by atoms with Gasteiger partial charge in [-0.15, -0.1) is 0 Å². The van der Waals surface area contributed by atoms with Crippen molar-refractivity contribution in [1.82, 2.24) is 14.9 Å². The monoisotopic (exact) mass is 463 g/mol. The first-order valence-electron chi connectivity index (χ1n) is 11.6. The van der Waals surface area contributed by atoms with Gasteiger partial charge in [-0.05, 0) is 42.2 Å². The van der Waals surface area contributed by atoms with Crippen LogP contribution in [0, 0.1) is 10.8 Å². The molecule has 34 heavy (non-hydrogen) atoms. The number of hydrogen-bond acceptors (Lipinski definition) is 5. The molecule has 0 saturated heterocycles. The third-order valence-corrected chi connectivity index (χ3v) is 7.77. The number of nitrogens with zero attached hydrogens (tertiary/aromatic N) is 2. The number of primary amides is 1. The quantitative estimate of drug-likeness (QED) is 0.429. The van der Waals surface area contributed by atoms with Crippen molar-refractivity contribution in [3.63, 3.8) is 0 Å². The second-order valence-electron chi connectivity index (χ2n) is 10.1. The van der Waals surface area contributed by atoms with E-state index in [1.54, 1.807) is 4.52 Å². The van der Waals surface area contributed by atoms with Gasteiger partial charge in [0.15, 0.2) is 0 Å². The molecular weight excluding hydrogens is 430 g/mol. The van der Waals surface area contributed by atoms with Crippen molar-refractivity contribution in [2.24, 2.45) is 16.6 Å². The third-order valence-electron chi connectivity index (χ3n) is 7.77. The Bertz CT molecular complexity index is 1220. The number of aliphatic hydroxyl groups excluding tert-OH is 1. The Morgan fingerprint density at radius 2 is 1.94 bits per heavy atom. The Balaban J connectivity index is 1.68. The van der Waals surface area contributed by atoms with Crippen molar-refractivity contribution >= 4 is 23.0 Å². The van der Waals surface area contributed by atoms with E-state index < -0.39 is 12.0 Å². The topological polar surface area (TPSA) is 122 Å². The highest BCUT2D eigenvalue weighted by atomic mass is 16.3. The van der Waals surface area contributed by atoms with Crippen LogP contribution in [-0.4, -0.2) is 45.2 Å². The lowest BCUT2D eigenvalue weighted by Crippen LogP contribution is -2.48. The number of amides is 2. The van der Waals surface area contributed by atoms with Gasteiger partial charge < -0.3 is 21.5 Å². The summed E-state index contributed by atoms with van der Waals surface area (Å²) < 4.78 is 1.76. The predicted octanol–water partition coefficient (Wildman–Crippen LogP) is 3.20. The number of fused-ring (bicyclic) bond motifs is 1. The van der Waals surface area contributed by atoms with Gasteiger partial charge in [-0.2, -0.15) is 5.10 Å². The number of nitrogens with two attached hydrogens (primary N) is 1. The first-order valence-corrected chi connectivity index (χ1v) is 11.6. The van der Waals surface area contributed by atoms with Gasteiger partial charge in [0, 0.05) is 24.3 Å². The van der Waals surface area contributed by atoms with Crippen molar-refractivity contribution < 1.29 is 14.7 Å². The second kappa shape index (κ2) is 8.76. The van der Waals surface area contributed by atoms with Crippen molar-refractivity contribution in [3.8, 4) is 11.1 Å². The third kappa shape index (κ3) is 4.14. The number of benzene rings is 1. The lowest BCUT2D eigenvalue weighted by Gasteiger charge is -2.42. The average Bonchev–Trinajstić information content (AvgIpc) is 3.33. The van der Waals surface area contributed by atoms with E-state index in [-0.39, 0.29) is 22.8 Å². The Morgan fingerprint density at radius 3 is 2.59 bits per heavy atom. The molecule has 8 nitrogen and oxygen atoms in total. The fourth-order valence-corrected chi connectivity index (χ4v) is 4.92. The number of nitrogens with one attached hydrogen (secondary N) is 2. The Hall–Kier alpha value is -3.39.